The predicted octanol–water partition coefficient (Wildman–Crippen LogP) is 1.46. The minimum atomic E-state index is -0.0824. The van der Waals surface area contributed by atoms with Gasteiger partial charge in [-0.15, -0.1) is 0 Å². The van der Waals surface area contributed by atoms with Gasteiger partial charge < -0.3 is 9.47 Å². The zero-order valence-corrected chi connectivity index (χ0v) is 11.5. The molecule has 3 N–H and O–H groups in total. The average Bonchev–Trinajstić information content (AvgIpc) is 2.49. The average molecular weight is 273 g/mol. The Hall–Kier alpha value is -1.53. The second kappa shape index (κ2) is 5.85. The zero-order valence-electron chi connectivity index (χ0n) is 11.5. The van der Waals surface area contributed by atoms with Crippen LogP contribution in [-0.4, -0.2) is 30.9 Å². The van der Waals surface area contributed by atoms with E-state index >= 15 is 0 Å². The van der Waals surface area contributed by atoms with Crippen molar-refractivity contribution in [2.75, 3.05) is 19.8 Å². The molecule has 5 heteroatoms. The second-order valence-corrected chi connectivity index (χ2v) is 5.03. The molecule has 0 bridgehead atoms. The molecule has 2 atom stereocenters. The van der Waals surface area contributed by atoms with Crippen molar-refractivity contribution in [1.29, 1.82) is 0 Å². The van der Waals surface area contributed by atoms with Gasteiger partial charge in [0.1, 0.15) is 6.10 Å². The fourth-order valence-corrected chi connectivity index (χ4v) is 2.56. The molecule has 1 aromatic carbocycles. The van der Waals surface area contributed by atoms with Gasteiger partial charge in [-0.2, -0.15) is 0 Å². The van der Waals surface area contributed by atoms with Gasteiger partial charge in [-0.05, 0) is 30.7 Å². The topological polar surface area (TPSA) is 69.4 Å². The maximum absolute atomic E-state index is 5.73. The third-order valence-corrected chi connectivity index (χ3v) is 3.60. The third-order valence-electron chi connectivity index (χ3n) is 3.60. The van der Waals surface area contributed by atoms with E-state index in [2.05, 4.69) is 22.5 Å². The molecule has 0 amide bonds. The number of aromatic nitrogens is 1. The first-order valence-electron chi connectivity index (χ1n) is 6.81. The number of hydrogen-bond donors (Lipinski definition) is 2. The Morgan fingerprint density at radius 1 is 1.30 bits per heavy atom. The van der Waals surface area contributed by atoms with Crippen LogP contribution in [0.1, 0.15) is 17.3 Å². The van der Waals surface area contributed by atoms with Crippen LogP contribution in [0.4, 0.5) is 0 Å². The number of nitrogens with one attached hydrogen (secondary N) is 1. The molecule has 2 unspecified atom stereocenters. The molecule has 3 rings (SSSR count). The summed E-state index contributed by atoms with van der Waals surface area (Å²) >= 11 is 0. The van der Waals surface area contributed by atoms with E-state index in [0.717, 1.165) is 22.2 Å². The van der Waals surface area contributed by atoms with Crippen LogP contribution in [0.25, 0.3) is 10.9 Å². The summed E-state index contributed by atoms with van der Waals surface area (Å²) in [6.07, 6.45) is -0.0652. The number of pyridine rings is 1. The van der Waals surface area contributed by atoms with Crippen LogP contribution in [0.3, 0.4) is 0 Å². The maximum Gasteiger partial charge on any atom is 0.102 e. The molecule has 5 nitrogen and oxygen atoms in total. The fraction of sp³-hybridized carbons (Fsp3) is 0.400. The predicted molar refractivity (Wildman–Crippen MR) is 77.1 cm³/mol. The SMILES string of the molecule is Cc1ccc2cc(C(NN)C3COCCO3)ccc2n1. The molecular weight excluding hydrogens is 254 g/mol. The lowest BCUT2D eigenvalue weighted by atomic mass is 10.00. The van der Waals surface area contributed by atoms with Crippen LogP contribution >= 0.6 is 0 Å². The van der Waals surface area contributed by atoms with Crippen molar-refractivity contribution in [1.82, 2.24) is 10.4 Å². The van der Waals surface area contributed by atoms with E-state index in [1.807, 2.05) is 25.1 Å². The lowest BCUT2D eigenvalue weighted by Gasteiger charge is -2.30. The summed E-state index contributed by atoms with van der Waals surface area (Å²) in [6, 6.07) is 10.2. The quantitative estimate of drug-likeness (QED) is 0.654. The largest absolute Gasteiger partial charge is 0.376 e. The van der Waals surface area contributed by atoms with Gasteiger partial charge in [0.15, 0.2) is 0 Å². The normalized spacial score (nSPS) is 21.0. The Morgan fingerprint density at radius 3 is 2.95 bits per heavy atom. The first kappa shape index (κ1) is 13.5. The van der Waals surface area contributed by atoms with Crippen molar-refractivity contribution >= 4 is 10.9 Å². The summed E-state index contributed by atoms with van der Waals surface area (Å²) < 4.78 is 11.2. The number of nitrogens with zero attached hydrogens (tertiary/aromatic N) is 1. The highest BCUT2D eigenvalue weighted by Crippen LogP contribution is 2.24. The Kier molecular flexibility index (Phi) is 3.93. The van der Waals surface area contributed by atoms with Crippen molar-refractivity contribution in [3.63, 3.8) is 0 Å². The van der Waals surface area contributed by atoms with Gasteiger partial charge in [-0.25, -0.2) is 0 Å². The molecule has 2 heterocycles. The summed E-state index contributed by atoms with van der Waals surface area (Å²) in [7, 11) is 0. The molecule has 1 aliphatic rings. The van der Waals surface area contributed by atoms with Crippen LogP contribution < -0.4 is 11.3 Å². The molecule has 1 saturated heterocycles. The van der Waals surface area contributed by atoms with E-state index in [1.54, 1.807) is 0 Å². The minimum Gasteiger partial charge on any atom is -0.376 e. The van der Waals surface area contributed by atoms with Gasteiger partial charge in [-0.1, -0.05) is 12.1 Å². The number of fused-ring (bicyclic) bond motifs is 1. The molecule has 0 saturated carbocycles. The lowest BCUT2D eigenvalue weighted by molar-refractivity contribution is -0.102. The molecule has 1 aliphatic heterocycles. The Balaban J connectivity index is 1.92. The van der Waals surface area contributed by atoms with E-state index in [9.17, 15) is 0 Å². The summed E-state index contributed by atoms with van der Waals surface area (Å²) in [5.74, 6) is 5.70. The van der Waals surface area contributed by atoms with Gasteiger partial charge in [0.25, 0.3) is 0 Å². The molecule has 0 spiro atoms. The number of rotatable bonds is 3. The lowest BCUT2D eigenvalue weighted by Crippen LogP contribution is -2.43. The summed E-state index contributed by atoms with van der Waals surface area (Å²) in [5, 5.41) is 1.10. The highest BCUT2D eigenvalue weighted by Gasteiger charge is 2.25. The highest BCUT2D eigenvalue weighted by atomic mass is 16.6. The van der Waals surface area contributed by atoms with Crippen molar-refractivity contribution in [3.8, 4) is 0 Å². The fourth-order valence-electron chi connectivity index (χ4n) is 2.56. The monoisotopic (exact) mass is 273 g/mol. The Bertz CT molecular complexity index is 597. The number of ether oxygens (including phenoxy) is 2. The molecule has 2 aromatic rings. The Morgan fingerprint density at radius 2 is 2.20 bits per heavy atom. The van der Waals surface area contributed by atoms with Crippen LogP contribution in [0.2, 0.25) is 0 Å². The molecule has 1 fully saturated rings. The number of hydrazine groups is 1. The first-order chi connectivity index (χ1) is 9.78. The number of benzene rings is 1. The number of hydrogen-bond acceptors (Lipinski definition) is 5. The van der Waals surface area contributed by atoms with Crippen LogP contribution in [0, 0.1) is 6.92 Å². The van der Waals surface area contributed by atoms with Crippen molar-refractivity contribution in [2.45, 2.75) is 19.1 Å². The minimum absolute atomic E-state index is 0.0652. The smallest absolute Gasteiger partial charge is 0.102 e. The highest BCUT2D eigenvalue weighted by molar-refractivity contribution is 5.79. The molecule has 0 aliphatic carbocycles. The van der Waals surface area contributed by atoms with Crippen LogP contribution in [-0.2, 0) is 9.47 Å². The second-order valence-electron chi connectivity index (χ2n) is 5.03. The van der Waals surface area contributed by atoms with E-state index in [-0.39, 0.29) is 12.1 Å². The summed E-state index contributed by atoms with van der Waals surface area (Å²) in [5.41, 5.74) is 5.93. The van der Waals surface area contributed by atoms with E-state index in [4.69, 9.17) is 15.3 Å². The molecule has 1 aromatic heterocycles. The summed E-state index contributed by atoms with van der Waals surface area (Å²) in [4.78, 5) is 4.51. The standard InChI is InChI=1S/C15H19N3O2/c1-10-2-3-11-8-12(4-5-13(11)17-10)15(18-16)14-9-19-6-7-20-14/h2-5,8,14-15,18H,6-7,9,16H2,1H3. The van der Waals surface area contributed by atoms with E-state index in [1.165, 1.54) is 0 Å². The van der Waals surface area contributed by atoms with Gasteiger partial charge in [0.05, 0.1) is 31.4 Å². The third kappa shape index (κ3) is 2.66. The van der Waals surface area contributed by atoms with Crippen LogP contribution in [0.15, 0.2) is 30.3 Å². The van der Waals surface area contributed by atoms with Crippen molar-refractivity contribution < 1.29 is 9.47 Å². The van der Waals surface area contributed by atoms with Gasteiger partial charge >= 0.3 is 0 Å². The first-order valence-corrected chi connectivity index (χ1v) is 6.81. The van der Waals surface area contributed by atoms with Crippen LogP contribution in [0.5, 0.6) is 0 Å². The zero-order chi connectivity index (χ0) is 13.9. The number of aryl methyl sites for hydroxylation is 1. The van der Waals surface area contributed by atoms with E-state index in [0.29, 0.717) is 19.8 Å². The Labute approximate surface area is 118 Å². The molecule has 0 radical (unpaired) electrons. The molecule has 20 heavy (non-hydrogen) atoms. The summed E-state index contributed by atoms with van der Waals surface area (Å²) in [6.45, 7) is 3.80. The maximum atomic E-state index is 5.73. The van der Waals surface area contributed by atoms with Gasteiger partial charge in [-0.3, -0.25) is 16.3 Å². The number of nitrogens with two attached hydrogens (primary N) is 1. The van der Waals surface area contributed by atoms with E-state index < -0.39 is 0 Å². The molecular formula is C15H19N3O2. The van der Waals surface area contributed by atoms with Gasteiger partial charge in [0.2, 0.25) is 0 Å². The molecule has 106 valence electrons. The van der Waals surface area contributed by atoms with Crippen molar-refractivity contribution in [2.24, 2.45) is 5.84 Å². The van der Waals surface area contributed by atoms with Crippen molar-refractivity contribution in [3.05, 3.63) is 41.6 Å². The van der Waals surface area contributed by atoms with Gasteiger partial charge in [0, 0.05) is 11.1 Å².